The molecule has 0 bridgehead atoms. The first-order valence-electron chi connectivity index (χ1n) is 14.1. The lowest BCUT2D eigenvalue weighted by Gasteiger charge is -2.43. The number of benzene rings is 3. The first-order chi connectivity index (χ1) is 18.5. The number of rotatable bonds is 7. The van der Waals surface area contributed by atoms with Crippen LogP contribution in [0.3, 0.4) is 0 Å². The van der Waals surface area contributed by atoms with Crippen molar-refractivity contribution in [2.75, 3.05) is 31.1 Å². The molecule has 1 aliphatic carbocycles. The molecule has 38 heavy (non-hydrogen) atoms. The molecular formula is C33H39N3O2. The summed E-state index contributed by atoms with van der Waals surface area (Å²) in [6.07, 6.45) is 4.81. The minimum Gasteiger partial charge on any atom is -0.368 e. The number of amides is 2. The standard InChI is InChI=1S/C33H39N3O2/c1-26-15-17-29(18-16-26)35-21-23-36(24-22-35)32(38)33(19-9-4-10-20-33)34-31(37)25-30(27-11-5-2-6-12-27)28-13-7-3-8-14-28/h2-3,5-8,11-18,30H,4,9-10,19-25H2,1H3,(H,34,37). The second-order valence-electron chi connectivity index (χ2n) is 10.9. The van der Waals surface area contributed by atoms with Gasteiger partial charge in [-0.3, -0.25) is 9.59 Å². The molecule has 2 fully saturated rings. The summed E-state index contributed by atoms with van der Waals surface area (Å²) in [7, 11) is 0. The Hall–Kier alpha value is -3.60. The third-order valence-corrected chi connectivity index (χ3v) is 8.25. The third kappa shape index (κ3) is 5.93. The Morgan fingerprint density at radius 2 is 1.32 bits per heavy atom. The highest BCUT2D eigenvalue weighted by Gasteiger charge is 2.44. The molecule has 1 saturated carbocycles. The Labute approximate surface area is 226 Å². The van der Waals surface area contributed by atoms with E-state index in [9.17, 15) is 9.59 Å². The van der Waals surface area contributed by atoms with Crippen LogP contribution in [0, 0.1) is 6.92 Å². The zero-order valence-corrected chi connectivity index (χ0v) is 22.4. The SMILES string of the molecule is Cc1ccc(N2CCN(C(=O)C3(NC(=O)CC(c4ccccc4)c4ccccc4)CCCCC3)CC2)cc1. The van der Waals surface area contributed by atoms with Crippen LogP contribution >= 0.6 is 0 Å². The summed E-state index contributed by atoms with van der Waals surface area (Å²) in [5.74, 6) is 0.00697. The number of nitrogens with zero attached hydrogens (tertiary/aromatic N) is 2. The smallest absolute Gasteiger partial charge is 0.248 e. The van der Waals surface area contributed by atoms with Crippen LogP contribution in [0.1, 0.15) is 61.1 Å². The van der Waals surface area contributed by atoms with Gasteiger partial charge in [0.2, 0.25) is 11.8 Å². The molecule has 0 aromatic heterocycles. The van der Waals surface area contributed by atoms with Crippen LogP contribution in [0.5, 0.6) is 0 Å². The average molecular weight is 510 g/mol. The summed E-state index contributed by atoms with van der Waals surface area (Å²) < 4.78 is 0. The van der Waals surface area contributed by atoms with Crippen molar-refractivity contribution in [3.63, 3.8) is 0 Å². The lowest BCUT2D eigenvalue weighted by molar-refractivity contribution is -0.143. The molecule has 5 heteroatoms. The Morgan fingerprint density at radius 1 is 0.763 bits per heavy atom. The van der Waals surface area contributed by atoms with E-state index in [1.165, 1.54) is 11.3 Å². The highest BCUT2D eigenvalue weighted by atomic mass is 16.2. The number of carbonyl (C=O) groups is 2. The van der Waals surface area contributed by atoms with Crippen molar-refractivity contribution >= 4 is 17.5 Å². The van der Waals surface area contributed by atoms with Crippen molar-refractivity contribution in [3.05, 3.63) is 102 Å². The van der Waals surface area contributed by atoms with Crippen LogP contribution in [0.25, 0.3) is 0 Å². The van der Waals surface area contributed by atoms with Crippen molar-refractivity contribution in [2.45, 2.75) is 56.9 Å². The largest absolute Gasteiger partial charge is 0.368 e. The van der Waals surface area contributed by atoms with Crippen molar-refractivity contribution in [1.29, 1.82) is 0 Å². The van der Waals surface area contributed by atoms with E-state index >= 15 is 0 Å². The van der Waals surface area contributed by atoms with Gasteiger partial charge in [-0.1, -0.05) is 97.6 Å². The van der Waals surface area contributed by atoms with E-state index in [2.05, 4.69) is 65.7 Å². The Kier molecular flexibility index (Phi) is 8.11. The van der Waals surface area contributed by atoms with E-state index < -0.39 is 5.54 Å². The van der Waals surface area contributed by atoms with E-state index in [1.54, 1.807) is 0 Å². The van der Waals surface area contributed by atoms with Gasteiger partial charge in [-0.25, -0.2) is 0 Å². The first-order valence-corrected chi connectivity index (χ1v) is 14.1. The fourth-order valence-corrected chi connectivity index (χ4v) is 6.08. The van der Waals surface area contributed by atoms with Gasteiger partial charge in [0.25, 0.3) is 0 Å². The summed E-state index contributed by atoms with van der Waals surface area (Å²) in [6, 6.07) is 29.0. The maximum Gasteiger partial charge on any atom is 0.248 e. The van der Waals surface area contributed by atoms with Crippen LogP contribution in [0.4, 0.5) is 5.69 Å². The van der Waals surface area contributed by atoms with Crippen LogP contribution in [0.15, 0.2) is 84.9 Å². The molecule has 1 aliphatic heterocycles. The van der Waals surface area contributed by atoms with Gasteiger partial charge in [0, 0.05) is 44.2 Å². The maximum atomic E-state index is 14.0. The monoisotopic (exact) mass is 509 g/mol. The fraction of sp³-hybridized carbons (Fsp3) is 0.394. The van der Waals surface area contributed by atoms with Gasteiger partial charge in [0.05, 0.1) is 0 Å². The summed E-state index contributed by atoms with van der Waals surface area (Å²) in [5.41, 5.74) is 3.89. The number of anilines is 1. The predicted molar refractivity (Wildman–Crippen MR) is 153 cm³/mol. The summed E-state index contributed by atoms with van der Waals surface area (Å²) in [5, 5.41) is 3.30. The molecule has 1 N–H and O–H groups in total. The molecule has 1 heterocycles. The van der Waals surface area contributed by atoms with Gasteiger partial charge >= 0.3 is 0 Å². The molecule has 0 unspecified atom stereocenters. The molecule has 3 aromatic rings. The van der Waals surface area contributed by atoms with Crippen molar-refractivity contribution in [3.8, 4) is 0 Å². The summed E-state index contributed by atoms with van der Waals surface area (Å²) in [4.78, 5) is 32.0. The Balaban J connectivity index is 1.29. The minimum absolute atomic E-state index is 0.0451. The molecular weight excluding hydrogens is 470 g/mol. The van der Waals surface area contributed by atoms with Crippen molar-refractivity contribution < 1.29 is 9.59 Å². The molecule has 198 valence electrons. The zero-order valence-electron chi connectivity index (χ0n) is 22.4. The van der Waals surface area contributed by atoms with Crippen LogP contribution < -0.4 is 10.2 Å². The molecule has 1 saturated heterocycles. The number of piperazine rings is 1. The molecule has 5 rings (SSSR count). The van der Waals surface area contributed by atoms with Crippen molar-refractivity contribution in [2.24, 2.45) is 0 Å². The number of carbonyl (C=O) groups excluding carboxylic acids is 2. The maximum absolute atomic E-state index is 14.0. The van der Waals surface area contributed by atoms with E-state index in [0.29, 0.717) is 19.5 Å². The lowest BCUT2D eigenvalue weighted by atomic mass is 9.79. The highest BCUT2D eigenvalue weighted by molar-refractivity contribution is 5.92. The van der Waals surface area contributed by atoms with Crippen LogP contribution in [-0.2, 0) is 9.59 Å². The van der Waals surface area contributed by atoms with Gasteiger partial charge in [-0.05, 0) is 43.0 Å². The Morgan fingerprint density at radius 3 is 1.87 bits per heavy atom. The van der Waals surface area contributed by atoms with Gasteiger partial charge in [-0.15, -0.1) is 0 Å². The third-order valence-electron chi connectivity index (χ3n) is 8.25. The fourth-order valence-electron chi connectivity index (χ4n) is 6.08. The topological polar surface area (TPSA) is 52.6 Å². The Bertz CT molecular complexity index is 1160. The van der Waals surface area contributed by atoms with E-state index in [-0.39, 0.29) is 17.7 Å². The number of aryl methyl sites for hydroxylation is 1. The molecule has 2 aliphatic rings. The molecule has 0 spiro atoms. The van der Waals surface area contributed by atoms with Crippen LogP contribution in [-0.4, -0.2) is 48.4 Å². The number of hydrogen-bond acceptors (Lipinski definition) is 3. The number of nitrogens with one attached hydrogen (secondary N) is 1. The van der Waals surface area contributed by atoms with Gasteiger partial charge < -0.3 is 15.1 Å². The molecule has 0 radical (unpaired) electrons. The van der Waals surface area contributed by atoms with Gasteiger partial charge in [0.15, 0.2) is 0 Å². The lowest BCUT2D eigenvalue weighted by Crippen LogP contribution is -2.63. The van der Waals surface area contributed by atoms with Crippen LogP contribution in [0.2, 0.25) is 0 Å². The van der Waals surface area contributed by atoms with Gasteiger partial charge in [-0.2, -0.15) is 0 Å². The normalized spacial score (nSPS) is 17.3. The minimum atomic E-state index is -0.792. The first kappa shape index (κ1) is 26.0. The molecule has 0 atom stereocenters. The predicted octanol–water partition coefficient (Wildman–Crippen LogP) is 5.68. The van der Waals surface area contributed by atoms with Crippen molar-refractivity contribution in [1.82, 2.24) is 10.2 Å². The van der Waals surface area contributed by atoms with E-state index in [1.807, 2.05) is 41.3 Å². The number of hydrogen-bond donors (Lipinski definition) is 1. The average Bonchev–Trinajstić information content (AvgIpc) is 2.97. The molecule has 3 aromatic carbocycles. The van der Waals surface area contributed by atoms with E-state index in [0.717, 1.165) is 56.3 Å². The summed E-state index contributed by atoms with van der Waals surface area (Å²) >= 11 is 0. The molecule has 2 amide bonds. The second-order valence-corrected chi connectivity index (χ2v) is 10.9. The zero-order chi connectivity index (χ0) is 26.4. The van der Waals surface area contributed by atoms with E-state index in [4.69, 9.17) is 0 Å². The quantitative estimate of drug-likeness (QED) is 0.446. The summed E-state index contributed by atoms with van der Waals surface area (Å²) in [6.45, 7) is 5.08. The molecule has 5 nitrogen and oxygen atoms in total. The highest BCUT2D eigenvalue weighted by Crippen LogP contribution is 2.33. The second kappa shape index (κ2) is 11.8. The van der Waals surface area contributed by atoms with Gasteiger partial charge in [0.1, 0.15) is 5.54 Å².